The SMILES string of the molecule is CCNC(=O)COc1cccc(NC(=O)C(=O)c2c(C)[nH]c3ccccc23)c1. The Morgan fingerprint density at radius 2 is 1.86 bits per heavy atom. The first-order valence-electron chi connectivity index (χ1n) is 8.92. The molecule has 7 nitrogen and oxygen atoms in total. The number of ketones is 1. The minimum absolute atomic E-state index is 0.126. The van der Waals surface area contributed by atoms with Gasteiger partial charge in [0.15, 0.2) is 6.61 Å². The number of likely N-dealkylation sites (N-methyl/N-ethyl adjacent to an activating group) is 1. The Labute approximate surface area is 162 Å². The first-order chi connectivity index (χ1) is 13.5. The van der Waals surface area contributed by atoms with Crippen LogP contribution in [0.4, 0.5) is 5.69 Å². The van der Waals surface area contributed by atoms with Crippen molar-refractivity contribution in [2.45, 2.75) is 13.8 Å². The van der Waals surface area contributed by atoms with E-state index in [1.807, 2.05) is 25.1 Å². The van der Waals surface area contributed by atoms with Gasteiger partial charge in [0, 0.05) is 34.9 Å². The van der Waals surface area contributed by atoms with Gasteiger partial charge in [-0.1, -0.05) is 24.3 Å². The van der Waals surface area contributed by atoms with Crippen LogP contribution in [0, 0.1) is 6.92 Å². The number of carbonyl (C=O) groups excluding carboxylic acids is 3. The van der Waals surface area contributed by atoms with Crippen molar-refractivity contribution < 1.29 is 19.1 Å². The molecule has 0 aliphatic rings. The van der Waals surface area contributed by atoms with Crippen LogP contribution in [0.5, 0.6) is 5.75 Å². The molecule has 7 heteroatoms. The Kier molecular flexibility index (Phi) is 5.74. The van der Waals surface area contributed by atoms with Crippen LogP contribution in [0.3, 0.4) is 0 Å². The maximum atomic E-state index is 12.7. The van der Waals surface area contributed by atoms with Crippen molar-refractivity contribution in [1.29, 1.82) is 0 Å². The molecule has 0 fully saturated rings. The first-order valence-corrected chi connectivity index (χ1v) is 8.92. The Morgan fingerprint density at radius 1 is 1.07 bits per heavy atom. The summed E-state index contributed by atoms with van der Waals surface area (Å²) in [5.41, 5.74) is 2.21. The van der Waals surface area contributed by atoms with Gasteiger partial charge in [0.25, 0.3) is 17.6 Å². The molecule has 0 unspecified atom stereocenters. The third-order valence-corrected chi connectivity index (χ3v) is 4.16. The molecule has 2 aromatic carbocycles. The smallest absolute Gasteiger partial charge is 0.296 e. The fraction of sp³-hybridized carbons (Fsp3) is 0.190. The highest BCUT2D eigenvalue weighted by Crippen LogP contribution is 2.23. The number of amides is 2. The molecule has 0 atom stereocenters. The number of H-pyrrole nitrogens is 1. The van der Waals surface area contributed by atoms with Gasteiger partial charge in [0.2, 0.25) is 0 Å². The minimum Gasteiger partial charge on any atom is -0.484 e. The summed E-state index contributed by atoms with van der Waals surface area (Å²) in [4.78, 5) is 39.8. The molecule has 0 aliphatic heterocycles. The lowest BCUT2D eigenvalue weighted by atomic mass is 10.1. The molecule has 3 N–H and O–H groups in total. The van der Waals surface area contributed by atoms with Crippen molar-refractivity contribution in [2.75, 3.05) is 18.5 Å². The van der Waals surface area contributed by atoms with Crippen LogP contribution in [0.2, 0.25) is 0 Å². The fourth-order valence-electron chi connectivity index (χ4n) is 2.93. The Hall–Kier alpha value is -3.61. The third-order valence-electron chi connectivity index (χ3n) is 4.16. The number of benzene rings is 2. The van der Waals surface area contributed by atoms with E-state index in [1.54, 1.807) is 37.3 Å². The van der Waals surface area contributed by atoms with Crippen LogP contribution < -0.4 is 15.4 Å². The van der Waals surface area contributed by atoms with E-state index in [0.717, 1.165) is 5.52 Å². The molecule has 144 valence electrons. The summed E-state index contributed by atoms with van der Waals surface area (Å²) >= 11 is 0. The van der Waals surface area contributed by atoms with E-state index < -0.39 is 11.7 Å². The Bertz CT molecular complexity index is 1040. The van der Waals surface area contributed by atoms with Crippen LogP contribution in [-0.4, -0.2) is 35.7 Å². The van der Waals surface area contributed by atoms with E-state index in [4.69, 9.17) is 4.74 Å². The zero-order valence-corrected chi connectivity index (χ0v) is 15.7. The van der Waals surface area contributed by atoms with E-state index >= 15 is 0 Å². The maximum Gasteiger partial charge on any atom is 0.296 e. The zero-order chi connectivity index (χ0) is 20.1. The number of rotatable bonds is 7. The molecule has 1 heterocycles. The monoisotopic (exact) mass is 379 g/mol. The van der Waals surface area contributed by atoms with Gasteiger partial charge in [-0.15, -0.1) is 0 Å². The topological polar surface area (TPSA) is 100 Å². The molecular weight excluding hydrogens is 358 g/mol. The number of fused-ring (bicyclic) bond motifs is 1. The molecule has 3 aromatic rings. The molecule has 0 radical (unpaired) electrons. The predicted octanol–water partition coefficient (Wildman–Crippen LogP) is 2.81. The molecular formula is C21H21N3O4. The molecule has 0 aliphatic carbocycles. The number of aryl methyl sites for hydroxylation is 1. The van der Waals surface area contributed by atoms with E-state index in [1.165, 1.54) is 0 Å². The van der Waals surface area contributed by atoms with Crippen LogP contribution in [0.15, 0.2) is 48.5 Å². The second-order valence-corrected chi connectivity index (χ2v) is 6.22. The lowest BCUT2D eigenvalue weighted by Crippen LogP contribution is -2.28. The number of anilines is 1. The second kappa shape index (κ2) is 8.39. The van der Waals surface area contributed by atoms with Gasteiger partial charge in [-0.05, 0) is 32.0 Å². The number of aromatic nitrogens is 1. The van der Waals surface area contributed by atoms with Crippen LogP contribution >= 0.6 is 0 Å². The Morgan fingerprint density at radius 3 is 2.64 bits per heavy atom. The van der Waals surface area contributed by atoms with Crippen LogP contribution in [-0.2, 0) is 9.59 Å². The third kappa shape index (κ3) is 4.20. The maximum absolute atomic E-state index is 12.7. The summed E-state index contributed by atoms with van der Waals surface area (Å²) in [5, 5.41) is 5.93. The van der Waals surface area contributed by atoms with Gasteiger partial charge >= 0.3 is 0 Å². The van der Waals surface area contributed by atoms with Crippen LogP contribution in [0.1, 0.15) is 23.0 Å². The number of Topliss-reactive ketones (excluding diaryl/α,β-unsaturated/α-hetero) is 1. The fourth-order valence-corrected chi connectivity index (χ4v) is 2.93. The molecule has 3 rings (SSSR count). The van der Waals surface area contributed by atoms with Crippen LogP contribution in [0.25, 0.3) is 10.9 Å². The van der Waals surface area contributed by atoms with Gasteiger partial charge in [-0.2, -0.15) is 0 Å². The molecule has 0 bridgehead atoms. The summed E-state index contributed by atoms with van der Waals surface area (Å²) < 4.78 is 5.40. The van der Waals surface area contributed by atoms with E-state index in [9.17, 15) is 14.4 Å². The quantitative estimate of drug-likeness (QED) is 0.434. The minimum atomic E-state index is -0.742. The molecule has 2 amide bonds. The molecule has 0 spiro atoms. The standard InChI is InChI=1S/C21H21N3O4/c1-3-22-18(25)12-28-15-8-6-7-14(11-15)24-21(27)20(26)19-13(2)23-17-10-5-4-9-16(17)19/h4-11,23H,3,12H2,1-2H3,(H,22,25)(H,24,27). The highest BCUT2D eigenvalue weighted by molar-refractivity contribution is 6.48. The number of hydrogen-bond acceptors (Lipinski definition) is 4. The van der Waals surface area contributed by atoms with Gasteiger partial charge < -0.3 is 20.4 Å². The average molecular weight is 379 g/mol. The lowest BCUT2D eigenvalue weighted by molar-refractivity contribution is -0.123. The number of hydrogen-bond donors (Lipinski definition) is 3. The summed E-state index contributed by atoms with van der Waals surface area (Å²) in [6.45, 7) is 3.98. The number of carbonyl (C=O) groups is 3. The average Bonchev–Trinajstić information content (AvgIpc) is 3.02. The van der Waals surface area contributed by atoms with Gasteiger partial charge in [0.05, 0.1) is 5.56 Å². The zero-order valence-electron chi connectivity index (χ0n) is 15.7. The highest BCUT2D eigenvalue weighted by atomic mass is 16.5. The van der Waals surface area contributed by atoms with Crippen molar-refractivity contribution in [1.82, 2.24) is 10.3 Å². The van der Waals surface area contributed by atoms with Crippen molar-refractivity contribution in [2.24, 2.45) is 0 Å². The van der Waals surface area contributed by atoms with Gasteiger partial charge in [0.1, 0.15) is 5.75 Å². The molecule has 1 aromatic heterocycles. The lowest BCUT2D eigenvalue weighted by Gasteiger charge is -2.09. The van der Waals surface area contributed by atoms with Crippen molar-refractivity contribution in [3.63, 3.8) is 0 Å². The molecule has 0 saturated carbocycles. The first kappa shape index (κ1) is 19.2. The Balaban J connectivity index is 1.72. The number of aromatic amines is 1. The van der Waals surface area contributed by atoms with E-state index in [0.29, 0.717) is 34.6 Å². The summed E-state index contributed by atoms with van der Waals surface area (Å²) in [7, 11) is 0. The molecule has 28 heavy (non-hydrogen) atoms. The largest absolute Gasteiger partial charge is 0.484 e. The van der Waals surface area contributed by atoms with Gasteiger partial charge in [-0.25, -0.2) is 0 Å². The van der Waals surface area contributed by atoms with E-state index in [-0.39, 0.29) is 12.5 Å². The van der Waals surface area contributed by atoms with Crippen molar-refractivity contribution in [3.05, 3.63) is 59.8 Å². The summed E-state index contributed by atoms with van der Waals surface area (Å²) in [6, 6.07) is 13.9. The highest BCUT2D eigenvalue weighted by Gasteiger charge is 2.22. The van der Waals surface area contributed by atoms with E-state index in [2.05, 4.69) is 15.6 Å². The second-order valence-electron chi connectivity index (χ2n) is 6.22. The molecule has 0 saturated heterocycles. The normalized spacial score (nSPS) is 10.5. The number of para-hydroxylation sites is 1. The predicted molar refractivity (Wildman–Crippen MR) is 107 cm³/mol. The number of nitrogens with one attached hydrogen (secondary N) is 3. The van der Waals surface area contributed by atoms with Crippen molar-refractivity contribution in [3.8, 4) is 5.75 Å². The van der Waals surface area contributed by atoms with Crippen molar-refractivity contribution >= 4 is 34.2 Å². The van der Waals surface area contributed by atoms with Gasteiger partial charge in [-0.3, -0.25) is 14.4 Å². The summed E-state index contributed by atoms with van der Waals surface area (Å²) in [5.74, 6) is -1.18. The summed E-state index contributed by atoms with van der Waals surface area (Å²) in [6.07, 6.45) is 0. The number of ether oxygens (including phenoxy) is 1.